The van der Waals surface area contributed by atoms with E-state index in [-0.39, 0.29) is 30.1 Å². The third-order valence-corrected chi connectivity index (χ3v) is 8.23. The molecule has 1 spiro atoms. The van der Waals surface area contributed by atoms with Crippen LogP contribution in [0, 0.1) is 18.0 Å². The molecule has 3 fully saturated rings. The van der Waals surface area contributed by atoms with Crippen LogP contribution in [0.3, 0.4) is 0 Å². The first-order chi connectivity index (χ1) is 16.4. The number of rotatable bonds is 7. The Bertz CT molecular complexity index is 884. The SMILES string of the molecule is CCCCN1C(=O)[C@@H]([C@H](O)C2CCCCC2)NC(=O)C12CCN(Cc1ccc(C)[n+]([O-])c1)CC2.Cl. The second-order valence-corrected chi connectivity index (χ2v) is 10.5. The number of piperazine rings is 1. The van der Waals surface area contributed by atoms with Gasteiger partial charge in [-0.05, 0) is 44.1 Å². The zero-order chi connectivity index (χ0) is 24.3. The van der Waals surface area contributed by atoms with Crippen LogP contribution in [0.25, 0.3) is 0 Å². The fraction of sp³-hybridized carbons (Fsp3) is 0.731. The van der Waals surface area contributed by atoms with E-state index in [4.69, 9.17) is 0 Å². The van der Waals surface area contributed by atoms with E-state index in [0.29, 0.717) is 44.7 Å². The Labute approximate surface area is 215 Å². The molecule has 1 saturated carbocycles. The first-order valence-electron chi connectivity index (χ1n) is 13.1. The van der Waals surface area contributed by atoms with E-state index in [1.807, 2.05) is 12.1 Å². The lowest BCUT2D eigenvalue weighted by Gasteiger charge is -2.52. The molecule has 1 aromatic heterocycles. The molecule has 0 aromatic carbocycles. The lowest BCUT2D eigenvalue weighted by atomic mass is 9.78. The molecule has 2 amide bonds. The Kier molecular flexibility index (Phi) is 9.40. The Morgan fingerprint density at radius 2 is 1.89 bits per heavy atom. The number of halogens is 1. The highest BCUT2D eigenvalue weighted by Crippen LogP contribution is 2.36. The fourth-order valence-electron chi connectivity index (χ4n) is 5.98. The number of hydrogen-bond acceptors (Lipinski definition) is 5. The van der Waals surface area contributed by atoms with Gasteiger partial charge in [0.2, 0.25) is 11.8 Å². The van der Waals surface area contributed by atoms with Gasteiger partial charge in [0.25, 0.3) is 0 Å². The Hall–Kier alpha value is -1.90. The van der Waals surface area contributed by atoms with Crippen LogP contribution >= 0.6 is 12.4 Å². The minimum Gasteiger partial charge on any atom is -0.619 e. The number of piperidine rings is 1. The molecule has 2 saturated heterocycles. The van der Waals surface area contributed by atoms with Crippen LogP contribution in [0.5, 0.6) is 0 Å². The number of aliphatic hydroxyl groups excluding tert-OH is 1. The van der Waals surface area contributed by atoms with Crippen LogP contribution in [0.2, 0.25) is 0 Å². The second kappa shape index (κ2) is 11.9. The van der Waals surface area contributed by atoms with Crippen LogP contribution < -0.4 is 10.0 Å². The van der Waals surface area contributed by atoms with Crippen LogP contribution in [0.4, 0.5) is 0 Å². The number of likely N-dealkylation sites (tertiary alicyclic amines) is 1. The average molecular weight is 509 g/mol. The third kappa shape index (κ3) is 5.75. The van der Waals surface area contributed by atoms with Gasteiger partial charge in [-0.15, -0.1) is 12.4 Å². The summed E-state index contributed by atoms with van der Waals surface area (Å²) < 4.78 is 0.887. The van der Waals surface area contributed by atoms with E-state index in [1.54, 1.807) is 18.0 Å². The monoisotopic (exact) mass is 508 g/mol. The van der Waals surface area contributed by atoms with Gasteiger partial charge in [-0.25, -0.2) is 0 Å². The maximum Gasteiger partial charge on any atom is 0.248 e. The maximum absolute atomic E-state index is 13.7. The van der Waals surface area contributed by atoms with E-state index in [1.165, 1.54) is 6.42 Å². The van der Waals surface area contributed by atoms with Crippen molar-refractivity contribution >= 4 is 24.2 Å². The number of carbonyl (C=O) groups excluding carboxylic acids is 2. The zero-order valence-electron chi connectivity index (χ0n) is 21.1. The fourth-order valence-corrected chi connectivity index (χ4v) is 5.98. The zero-order valence-corrected chi connectivity index (χ0v) is 21.9. The van der Waals surface area contributed by atoms with E-state index >= 15 is 0 Å². The minimum atomic E-state index is -0.850. The molecule has 2 atom stereocenters. The quantitative estimate of drug-likeness (QED) is 0.435. The molecular formula is C26H41ClN4O4. The van der Waals surface area contributed by atoms with Crippen LogP contribution in [0.15, 0.2) is 18.3 Å². The molecule has 3 heterocycles. The highest BCUT2D eigenvalue weighted by Gasteiger charge is 2.55. The Morgan fingerprint density at radius 1 is 1.20 bits per heavy atom. The normalized spacial score (nSPS) is 24.2. The molecular weight excluding hydrogens is 468 g/mol. The lowest BCUT2D eigenvalue weighted by Crippen LogP contribution is -2.75. The smallest absolute Gasteiger partial charge is 0.248 e. The van der Waals surface area contributed by atoms with Crippen molar-refractivity contribution in [2.45, 2.75) is 95.9 Å². The summed E-state index contributed by atoms with van der Waals surface area (Å²) in [5.41, 5.74) is 0.756. The average Bonchev–Trinajstić information content (AvgIpc) is 2.85. The highest BCUT2D eigenvalue weighted by atomic mass is 35.5. The summed E-state index contributed by atoms with van der Waals surface area (Å²) >= 11 is 0. The lowest BCUT2D eigenvalue weighted by molar-refractivity contribution is -0.612. The molecule has 1 aromatic rings. The summed E-state index contributed by atoms with van der Waals surface area (Å²) in [5.74, 6) is -0.161. The maximum atomic E-state index is 13.7. The number of aliphatic hydroxyl groups is 1. The van der Waals surface area contributed by atoms with Crippen molar-refractivity contribution in [3.05, 3.63) is 34.8 Å². The highest BCUT2D eigenvalue weighted by molar-refractivity contribution is 6.00. The van der Waals surface area contributed by atoms with Crippen LogP contribution in [-0.2, 0) is 16.1 Å². The van der Waals surface area contributed by atoms with Crippen LogP contribution in [-0.4, -0.2) is 64.0 Å². The molecule has 2 N–H and O–H groups in total. The largest absolute Gasteiger partial charge is 0.619 e. The Morgan fingerprint density at radius 3 is 2.51 bits per heavy atom. The van der Waals surface area contributed by atoms with Crippen molar-refractivity contribution in [3.63, 3.8) is 0 Å². The summed E-state index contributed by atoms with van der Waals surface area (Å²) in [7, 11) is 0. The van der Waals surface area contributed by atoms with Crippen molar-refractivity contribution in [2.75, 3.05) is 19.6 Å². The van der Waals surface area contributed by atoms with Crippen molar-refractivity contribution < 1.29 is 19.4 Å². The molecule has 196 valence electrons. The molecule has 3 aliphatic rings. The first-order valence-corrected chi connectivity index (χ1v) is 13.1. The number of carbonyl (C=O) groups is 2. The van der Waals surface area contributed by atoms with Crippen molar-refractivity contribution in [1.82, 2.24) is 15.1 Å². The topological polar surface area (TPSA) is 99.8 Å². The van der Waals surface area contributed by atoms with Gasteiger partial charge in [0.1, 0.15) is 11.6 Å². The van der Waals surface area contributed by atoms with Gasteiger partial charge in [-0.1, -0.05) is 32.6 Å². The van der Waals surface area contributed by atoms with Gasteiger partial charge in [-0.3, -0.25) is 14.5 Å². The minimum absolute atomic E-state index is 0. The molecule has 0 radical (unpaired) electrons. The van der Waals surface area contributed by atoms with E-state index in [9.17, 15) is 19.9 Å². The molecule has 4 rings (SSSR count). The van der Waals surface area contributed by atoms with Crippen molar-refractivity contribution in [1.29, 1.82) is 0 Å². The molecule has 35 heavy (non-hydrogen) atoms. The van der Waals surface area contributed by atoms with Gasteiger partial charge in [0, 0.05) is 44.7 Å². The number of pyridine rings is 1. The first kappa shape index (κ1) is 27.7. The van der Waals surface area contributed by atoms with Gasteiger partial charge in [0.05, 0.1) is 6.10 Å². The molecule has 9 heteroatoms. The number of hydrogen-bond donors (Lipinski definition) is 2. The van der Waals surface area contributed by atoms with Gasteiger partial charge in [0.15, 0.2) is 11.9 Å². The molecule has 0 unspecified atom stereocenters. The van der Waals surface area contributed by atoms with E-state index in [0.717, 1.165) is 48.8 Å². The summed E-state index contributed by atoms with van der Waals surface area (Å²) in [6, 6.07) is 2.96. The number of amides is 2. The van der Waals surface area contributed by atoms with E-state index in [2.05, 4.69) is 17.1 Å². The van der Waals surface area contributed by atoms with Crippen molar-refractivity contribution in [3.8, 4) is 0 Å². The summed E-state index contributed by atoms with van der Waals surface area (Å²) in [5, 5.41) is 26.0. The molecule has 1 aliphatic carbocycles. The van der Waals surface area contributed by atoms with Gasteiger partial charge >= 0.3 is 0 Å². The number of nitrogens with one attached hydrogen (secondary N) is 1. The summed E-state index contributed by atoms with van der Waals surface area (Å²) in [6.07, 6.45) is 8.83. The van der Waals surface area contributed by atoms with Gasteiger partial charge in [-0.2, -0.15) is 4.73 Å². The number of nitrogens with zero attached hydrogens (tertiary/aromatic N) is 3. The number of aromatic nitrogens is 1. The standard InChI is InChI=1S/C26H40N4O4.ClH/c1-3-4-14-29-24(32)22(23(31)21-8-6-5-7-9-21)27-25(33)26(29)12-15-28(16-13-26)17-20-11-10-19(2)30(34)18-20;/h10-11,18,21-23,31H,3-9,12-17H2,1-2H3,(H,27,33);1H/t22-,23-;/m1./s1. The predicted molar refractivity (Wildman–Crippen MR) is 136 cm³/mol. The van der Waals surface area contributed by atoms with Crippen molar-refractivity contribution in [2.24, 2.45) is 5.92 Å². The summed E-state index contributed by atoms with van der Waals surface area (Å²) in [6.45, 7) is 6.40. The predicted octanol–water partition coefficient (Wildman–Crippen LogP) is 2.45. The number of unbranched alkanes of at least 4 members (excludes halogenated alkanes) is 1. The third-order valence-electron chi connectivity index (χ3n) is 8.23. The van der Waals surface area contributed by atoms with E-state index < -0.39 is 17.7 Å². The molecule has 0 bridgehead atoms. The number of aryl methyl sites for hydroxylation is 1. The molecule has 8 nitrogen and oxygen atoms in total. The Balaban J connectivity index is 0.00000342. The molecule has 2 aliphatic heterocycles. The van der Waals surface area contributed by atoms with Gasteiger partial charge < -0.3 is 20.5 Å². The summed E-state index contributed by atoms with van der Waals surface area (Å²) in [4.78, 5) is 31.3. The second-order valence-electron chi connectivity index (χ2n) is 10.5. The van der Waals surface area contributed by atoms with Crippen LogP contribution in [0.1, 0.15) is 76.0 Å².